The summed E-state index contributed by atoms with van der Waals surface area (Å²) in [7, 11) is 3.33. The second-order valence-electron chi connectivity index (χ2n) is 6.70. The summed E-state index contributed by atoms with van der Waals surface area (Å²) in [6, 6.07) is 8.13. The van der Waals surface area contributed by atoms with Gasteiger partial charge >= 0.3 is 0 Å². The Morgan fingerprint density at radius 3 is 2.50 bits per heavy atom. The van der Waals surface area contributed by atoms with Crippen molar-refractivity contribution in [1.29, 1.82) is 0 Å². The highest BCUT2D eigenvalue weighted by molar-refractivity contribution is 7.99. The molecule has 0 spiro atoms. The zero-order valence-electron chi connectivity index (χ0n) is 18.0. The van der Waals surface area contributed by atoms with Crippen LogP contribution >= 0.6 is 11.8 Å². The zero-order chi connectivity index (χ0) is 21.9. The normalized spacial score (nSPS) is 10.8. The van der Waals surface area contributed by atoms with Gasteiger partial charge in [0.2, 0.25) is 0 Å². The summed E-state index contributed by atoms with van der Waals surface area (Å²) in [6.45, 7) is 6.67. The fourth-order valence-corrected chi connectivity index (χ4v) is 3.80. The minimum Gasteiger partial charge on any atom is -0.383 e. The topological polar surface area (TPSA) is 63.7 Å². The third kappa shape index (κ3) is 6.97. The van der Waals surface area contributed by atoms with Crippen molar-refractivity contribution in [3.05, 3.63) is 52.8 Å². The van der Waals surface area contributed by atoms with Gasteiger partial charge < -0.3 is 19.7 Å². The predicted octanol–water partition coefficient (Wildman–Crippen LogP) is 3.67. The number of methoxy groups -OCH3 is 2. The van der Waals surface area contributed by atoms with Gasteiger partial charge in [-0.2, -0.15) is 0 Å². The Balaban J connectivity index is 2.26. The van der Waals surface area contributed by atoms with Crippen LogP contribution in [0.3, 0.4) is 0 Å². The van der Waals surface area contributed by atoms with Crippen molar-refractivity contribution in [1.82, 2.24) is 10.3 Å². The van der Waals surface area contributed by atoms with Crippen LogP contribution in [0.4, 0.5) is 10.2 Å². The smallest absolute Gasteiger partial charge is 0.254 e. The van der Waals surface area contributed by atoms with Crippen molar-refractivity contribution < 1.29 is 18.7 Å². The SMILES string of the molecule is CCSc1nc(N(CCOC)CCOC)cc(C)c1C(=O)NCc1cccc(F)c1. The number of benzene rings is 1. The highest BCUT2D eigenvalue weighted by atomic mass is 32.2. The highest BCUT2D eigenvalue weighted by Crippen LogP contribution is 2.27. The molecule has 0 saturated heterocycles. The van der Waals surface area contributed by atoms with Crippen LogP contribution in [0.15, 0.2) is 35.4 Å². The quantitative estimate of drug-likeness (QED) is 0.513. The molecule has 0 unspecified atom stereocenters. The van der Waals surface area contributed by atoms with E-state index in [0.29, 0.717) is 42.5 Å². The summed E-state index contributed by atoms with van der Waals surface area (Å²) in [5.74, 6) is 1.04. The van der Waals surface area contributed by atoms with Gasteiger partial charge in [0.05, 0.1) is 18.8 Å². The van der Waals surface area contributed by atoms with Gasteiger partial charge in [0.25, 0.3) is 5.91 Å². The van der Waals surface area contributed by atoms with Crippen LogP contribution in [0.5, 0.6) is 0 Å². The molecule has 0 saturated carbocycles. The van der Waals surface area contributed by atoms with Crippen molar-refractivity contribution in [3.8, 4) is 0 Å². The van der Waals surface area contributed by atoms with Crippen LogP contribution in [-0.2, 0) is 16.0 Å². The van der Waals surface area contributed by atoms with E-state index in [2.05, 4.69) is 10.2 Å². The monoisotopic (exact) mass is 435 g/mol. The molecule has 1 aromatic heterocycles. The molecule has 0 aliphatic carbocycles. The van der Waals surface area contributed by atoms with Gasteiger partial charge in [-0.3, -0.25) is 4.79 Å². The fraction of sp³-hybridized carbons (Fsp3) is 0.455. The third-order valence-electron chi connectivity index (χ3n) is 4.47. The maximum atomic E-state index is 13.4. The lowest BCUT2D eigenvalue weighted by Crippen LogP contribution is -2.32. The number of thioether (sulfide) groups is 1. The minimum atomic E-state index is -0.321. The second-order valence-corrected chi connectivity index (χ2v) is 7.95. The molecule has 1 N–H and O–H groups in total. The van der Waals surface area contributed by atoms with E-state index in [-0.39, 0.29) is 18.3 Å². The first-order chi connectivity index (χ1) is 14.5. The maximum absolute atomic E-state index is 13.4. The molecule has 1 aromatic carbocycles. The number of anilines is 1. The summed E-state index contributed by atoms with van der Waals surface area (Å²) in [4.78, 5) is 19.8. The molecule has 1 amide bonds. The van der Waals surface area contributed by atoms with Gasteiger partial charge in [-0.1, -0.05) is 19.1 Å². The van der Waals surface area contributed by atoms with Gasteiger partial charge in [-0.25, -0.2) is 9.37 Å². The summed E-state index contributed by atoms with van der Waals surface area (Å²) in [5.41, 5.74) is 2.11. The number of nitrogens with one attached hydrogen (secondary N) is 1. The number of pyridine rings is 1. The largest absolute Gasteiger partial charge is 0.383 e. The van der Waals surface area contributed by atoms with E-state index in [1.807, 2.05) is 19.9 Å². The van der Waals surface area contributed by atoms with Gasteiger partial charge in [-0.15, -0.1) is 11.8 Å². The maximum Gasteiger partial charge on any atom is 0.254 e. The van der Waals surface area contributed by atoms with Crippen LogP contribution in [0.25, 0.3) is 0 Å². The first-order valence-electron chi connectivity index (χ1n) is 9.90. The Morgan fingerprint density at radius 1 is 1.20 bits per heavy atom. The Bertz CT molecular complexity index is 827. The van der Waals surface area contributed by atoms with E-state index >= 15 is 0 Å². The zero-order valence-corrected chi connectivity index (χ0v) is 18.9. The molecular formula is C22H30FN3O3S. The average molecular weight is 436 g/mol. The van der Waals surface area contributed by atoms with Crippen LogP contribution in [0.1, 0.15) is 28.4 Å². The molecule has 2 rings (SSSR count). The Labute approximate surface area is 182 Å². The number of rotatable bonds is 12. The van der Waals surface area contributed by atoms with Gasteiger partial charge in [0.15, 0.2) is 0 Å². The highest BCUT2D eigenvalue weighted by Gasteiger charge is 2.20. The van der Waals surface area contributed by atoms with Crippen molar-refractivity contribution in [3.63, 3.8) is 0 Å². The van der Waals surface area contributed by atoms with E-state index in [0.717, 1.165) is 17.1 Å². The number of hydrogen-bond acceptors (Lipinski definition) is 6. The number of carbonyl (C=O) groups excluding carboxylic acids is 1. The summed E-state index contributed by atoms with van der Waals surface area (Å²) in [5, 5.41) is 3.57. The summed E-state index contributed by atoms with van der Waals surface area (Å²) >= 11 is 1.53. The molecule has 0 aliphatic heterocycles. The number of carbonyl (C=O) groups is 1. The van der Waals surface area contributed by atoms with Crippen LogP contribution < -0.4 is 10.2 Å². The van der Waals surface area contributed by atoms with Crippen molar-refractivity contribution >= 4 is 23.5 Å². The first-order valence-corrected chi connectivity index (χ1v) is 10.9. The van der Waals surface area contributed by atoms with Crippen molar-refractivity contribution in [2.45, 2.75) is 25.4 Å². The third-order valence-corrected chi connectivity index (χ3v) is 5.33. The fourth-order valence-electron chi connectivity index (χ4n) is 2.97. The average Bonchev–Trinajstić information content (AvgIpc) is 2.72. The van der Waals surface area contributed by atoms with Crippen molar-refractivity contribution in [2.24, 2.45) is 0 Å². The minimum absolute atomic E-state index is 0.216. The van der Waals surface area contributed by atoms with Crippen LogP contribution in [0.2, 0.25) is 0 Å². The molecule has 0 radical (unpaired) electrons. The number of hydrogen-bond donors (Lipinski definition) is 1. The molecule has 0 aliphatic rings. The van der Waals surface area contributed by atoms with Crippen LogP contribution in [-0.4, -0.2) is 57.2 Å². The lowest BCUT2D eigenvalue weighted by Gasteiger charge is -2.25. The lowest BCUT2D eigenvalue weighted by atomic mass is 10.1. The first kappa shape index (κ1) is 24.1. The number of aromatic nitrogens is 1. The molecule has 0 bridgehead atoms. The molecule has 0 atom stereocenters. The molecule has 1 heterocycles. The molecule has 0 fully saturated rings. The Morgan fingerprint density at radius 2 is 1.90 bits per heavy atom. The predicted molar refractivity (Wildman–Crippen MR) is 119 cm³/mol. The van der Waals surface area contributed by atoms with Gasteiger partial charge in [-0.05, 0) is 42.0 Å². The molecule has 30 heavy (non-hydrogen) atoms. The van der Waals surface area contributed by atoms with E-state index in [9.17, 15) is 9.18 Å². The number of nitrogens with zero attached hydrogens (tertiary/aromatic N) is 2. The molecule has 8 heteroatoms. The van der Waals surface area contributed by atoms with E-state index in [1.165, 1.54) is 23.9 Å². The van der Waals surface area contributed by atoms with Gasteiger partial charge in [0.1, 0.15) is 16.7 Å². The Hall–Kier alpha value is -2.16. The lowest BCUT2D eigenvalue weighted by molar-refractivity contribution is 0.0946. The van der Waals surface area contributed by atoms with Crippen LogP contribution in [0, 0.1) is 12.7 Å². The van der Waals surface area contributed by atoms with E-state index in [4.69, 9.17) is 14.5 Å². The number of aryl methyl sites for hydroxylation is 1. The number of ether oxygens (including phenoxy) is 2. The van der Waals surface area contributed by atoms with E-state index < -0.39 is 0 Å². The van der Waals surface area contributed by atoms with Gasteiger partial charge in [0, 0.05) is 33.9 Å². The standard InChI is InChI=1S/C22H30FN3O3S/c1-5-30-22-20(21(27)24-15-17-7-6-8-18(23)14-17)16(2)13-19(25-22)26(9-11-28-3)10-12-29-4/h6-8,13-14H,5,9-12,15H2,1-4H3,(H,24,27). The van der Waals surface area contributed by atoms with E-state index in [1.54, 1.807) is 26.4 Å². The second kappa shape index (κ2) is 12.5. The Kier molecular flexibility index (Phi) is 10.1. The van der Waals surface area contributed by atoms with Crippen molar-refractivity contribution in [2.75, 3.05) is 51.2 Å². The molecule has 6 nitrogen and oxygen atoms in total. The molecular weight excluding hydrogens is 405 g/mol. The summed E-state index contributed by atoms with van der Waals surface area (Å²) in [6.07, 6.45) is 0. The molecule has 164 valence electrons. The number of amides is 1. The molecule has 2 aromatic rings. The summed E-state index contributed by atoms with van der Waals surface area (Å²) < 4.78 is 23.8. The number of halogens is 1.